The Hall–Kier alpha value is -1.16. The van der Waals surface area contributed by atoms with E-state index in [-0.39, 0.29) is 22.1 Å². The molecule has 0 saturated heterocycles. The second-order valence-electron chi connectivity index (χ2n) is 6.58. The van der Waals surface area contributed by atoms with Crippen LogP contribution in [0.3, 0.4) is 0 Å². The molecule has 0 bridgehead atoms. The van der Waals surface area contributed by atoms with E-state index in [1.54, 1.807) is 7.05 Å². The van der Waals surface area contributed by atoms with Crippen LogP contribution in [0.5, 0.6) is 0 Å². The molecule has 0 saturated carbocycles. The molecular weight excluding hydrogens is 318 g/mol. The molecule has 1 atom stereocenters. The maximum absolute atomic E-state index is 12.2. The Morgan fingerprint density at radius 3 is 2.55 bits per heavy atom. The molecule has 0 aliphatic carbocycles. The number of likely N-dealkylation sites (N-methyl/N-ethyl adjacent to an activating group) is 1. The highest BCUT2D eigenvalue weighted by Gasteiger charge is 2.29. The number of alkyl halides is 1. The maximum atomic E-state index is 12.2. The van der Waals surface area contributed by atoms with E-state index in [4.69, 9.17) is 0 Å². The molecule has 1 heterocycles. The Balaban J connectivity index is 2.33. The first-order valence-electron chi connectivity index (χ1n) is 6.77. The van der Waals surface area contributed by atoms with Crippen molar-refractivity contribution in [3.63, 3.8) is 0 Å². The fraction of sp³-hybridized carbons (Fsp3) is 0.500. The van der Waals surface area contributed by atoms with E-state index in [9.17, 15) is 9.59 Å². The standard InChI is InChI=1S/C16H20BrNO2/c1-16(2,3)9-13(17)11-6-5-10-8-14(19)18(4)15(20)12(10)7-11/h5-7,13H,8-9H2,1-4H3. The quantitative estimate of drug-likeness (QED) is 0.609. The van der Waals surface area contributed by atoms with Crippen LogP contribution in [-0.4, -0.2) is 23.8 Å². The number of nitrogens with zero attached hydrogens (tertiary/aromatic N) is 1. The number of carbonyl (C=O) groups is 2. The van der Waals surface area contributed by atoms with E-state index >= 15 is 0 Å². The average Bonchev–Trinajstić information content (AvgIpc) is 2.34. The van der Waals surface area contributed by atoms with Crippen molar-refractivity contribution in [3.05, 3.63) is 34.9 Å². The van der Waals surface area contributed by atoms with Crippen LogP contribution in [0.1, 0.15) is 53.5 Å². The number of halogens is 1. The van der Waals surface area contributed by atoms with Gasteiger partial charge >= 0.3 is 0 Å². The SMILES string of the molecule is CN1C(=O)Cc2ccc(C(Br)CC(C)(C)C)cc2C1=O. The van der Waals surface area contributed by atoms with Crippen molar-refractivity contribution in [3.8, 4) is 0 Å². The number of hydrogen-bond acceptors (Lipinski definition) is 2. The van der Waals surface area contributed by atoms with Gasteiger partial charge in [-0.1, -0.05) is 48.8 Å². The Morgan fingerprint density at radius 2 is 1.95 bits per heavy atom. The van der Waals surface area contributed by atoms with E-state index in [0.29, 0.717) is 12.0 Å². The molecule has 3 nitrogen and oxygen atoms in total. The van der Waals surface area contributed by atoms with Crippen molar-refractivity contribution in [2.75, 3.05) is 7.05 Å². The lowest BCUT2D eigenvalue weighted by atomic mass is 9.87. The Bertz CT molecular complexity index is 560. The lowest BCUT2D eigenvalue weighted by Gasteiger charge is -2.26. The van der Waals surface area contributed by atoms with Crippen LogP contribution in [0.4, 0.5) is 0 Å². The molecule has 1 aromatic rings. The zero-order valence-corrected chi connectivity index (χ0v) is 14.0. The summed E-state index contributed by atoms with van der Waals surface area (Å²) in [5, 5.41) is 0. The smallest absolute Gasteiger partial charge is 0.260 e. The third kappa shape index (κ3) is 3.11. The second kappa shape index (κ2) is 5.32. The molecule has 0 spiro atoms. The van der Waals surface area contributed by atoms with Gasteiger partial charge in [-0.3, -0.25) is 14.5 Å². The number of amides is 2. The van der Waals surface area contributed by atoms with Gasteiger partial charge < -0.3 is 0 Å². The third-order valence-corrected chi connectivity index (χ3v) is 4.39. The summed E-state index contributed by atoms with van der Waals surface area (Å²) in [6.07, 6.45) is 1.29. The van der Waals surface area contributed by atoms with Crippen molar-refractivity contribution >= 4 is 27.7 Å². The van der Waals surface area contributed by atoms with Crippen LogP contribution in [-0.2, 0) is 11.2 Å². The molecule has 1 aromatic carbocycles. The summed E-state index contributed by atoms with van der Waals surface area (Å²) in [5.74, 6) is -0.339. The van der Waals surface area contributed by atoms with Gasteiger partial charge in [0.15, 0.2) is 0 Å². The Morgan fingerprint density at radius 1 is 1.30 bits per heavy atom. The van der Waals surface area contributed by atoms with Gasteiger partial charge in [0, 0.05) is 17.4 Å². The summed E-state index contributed by atoms with van der Waals surface area (Å²) in [5.41, 5.74) is 2.79. The summed E-state index contributed by atoms with van der Waals surface area (Å²) in [6, 6.07) is 5.84. The van der Waals surface area contributed by atoms with Crippen molar-refractivity contribution in [1.29, 1.82) is 0 Å². The van der Waals surface area contributed by atoms with Gasteiger partial charge in [0.2, 0.25) is 5.91 Å². The third-order valence-electron chi connectivity index (χ3n) is 3.54. The topological polar surface area (TPSA) is 37.4 Å². The molecule has 0 radical (unpaired) electrons. The van der Waals surface area contributed by atoms with E-state index in [0.717, 1.165) is 17.5 Å². The van der Waals surface area contributed by atoms with Crippen LogP contribution in [0.2, 0.25) is 0 Å². The highest BCUT2D eigenvalue weighted by Crippen LogP contribution is 2.36. The highest BCUT2D eigenvalue weighted by molar-refractivity contribution is 9.09. The predicted octanol–water partition coefficient (Wildman–Crippen LogP) is 3.71. The van der Waals surface area contributed by atoms with E-state index in [1.165, 1.54) is 4.90 Å². The molecule has 0 aromatic heterocycles. The molecule has 1 aliphatic heterocycles. The van der Waals surface area contributed by atoms with Gasteiger partial charge in [-0.15, -0.1) is 0 Å². The first-order valence-corrected chi connectivity index (χ1v) is 7.68. The van der Waals surface area contributed by atoms with E-state index in [2.05, 4.69) is 36.7 Å². The van der Waals surface area contributed by atoms with Gasteiger partial charge in [0.05, 0.1) is 6.42 Å². The van der Waals surface area contributed by atoms with E-state index < -0.39 is 0 Å². The van der Waals surface area contributed by atoms with Crippen LogP contribution in [0, 0.1) is 5.41 Å². The molecular formula is C16H20BrNO2. The minimum absolute atomic E-state index is 0.139. The van der Waals surface area contributed by atoms with Crippen LogP contribution in [0.15, 0.2) is 18.2 Å². The first-order chi connectivity index (χ1) is 9.19. The minimum atomic E-state index is -0.200. The number of imide groups is 1. The normalized spacial score (nSPS) is 17.1. The summed E-state index contributed by atoms with van der Waals surface area (Å²) in [6.45, 7) is 6.58. The lowest BCUT2D eigenvalue weighted by molar-refractivity contribution is -0.127. The lowest BCUT2D eigenvalue weighted by Crippen LogP contribution is -2.39. The van der Waals surface area contributed by atoms with Gasteiger partial charge in [0.1, 0.15) is 0 Å². The number of hydrogen-bond donors (Lipinski definition) is 0. The minimum Gasteiger partial charge on any atom is -0.281 e. The van der Waals surface area contributed by atoms with Crippen molar-refractivity contribution in [2.24, 2.45) is 5.41 Å². The van der Waals surface area contributed by atoms with Crippen LogP contribution in [0.25, 0.3) is 0 Å². The zero-order chi connectivity index (χ0) is 15.1. The fourth-order valence-corrected chi connectivity index (χ4v) is 3.63. The van der Waals surface area contributed by atoms with E-state index in [1.807, 2.05) is 18.2 Å². The molecule has 108 valence electrons. The van der Waals surface area contributed by atoms with Gasteiger partial charge in [-0.25, -0.2) is 0 Å². The molecule has 1 unspecified atom stereocenters. The number of fused-ring (bicyclic) bond motifs is 1. The average molecular weight is 338 g/mol. The van der Waals surface area contributed by atoms with Gasteiger partial charge in [-0.05, 0) is 29.0 Å². The first kappa shape index (κ1) is 15.2. The van der Waals surface area contributed by atoms with Crippen molar-refractivity contribution < 1.29 is 9.59 Å². The predicted molar refractivity (Wildman–Crippen MR) is 83.0 cm³/mol. The highest BCUT2D eigenvalue weighted by atomic mass is 79.9. The molecule has 0 N–H and O–H groups in total. The number of carbonyl (C=O) groups excluding carboxylic acids is 2. The van der Waals surface area contributed by atoms with Gasteiger partial charge in [-0.2, -0.15) is 0 Å². The van der Waals surface area contributed by atoms with Gasteiger partial charge in [0.25, 0.3) is 5.91 Å². The molecule has 2 rings (SSSR count). The number of benzene rings is 1. The zero-order valence-electron chi connectivity index (χ0n) is 12.4. The molecule has 20 heavy (non-hydrogen) atoms. The molecule has 0 fully saturated rings. The molecule has 2 amide bonds. The largest absolute Gasteiger partial charge is 0.281 e. The summed E-state index contributed by atoms with van der Waals surface area (Å²) < 4.78 is 0. The Kier molecular flexibility index (Phi) is 4.05. The summed E-state index contributed by atoms with van der Waals surface area (Å²) in [7, 11) is 1.54. The maximum Gasteiger partial charge on any atom is 0.260 e. The van der Waals surface area contributed by atoms with Crippen LogP contribution < -0.4 is 0 Å². The second-order valence-corrected chi connectivity index (χ2v) is 7.69. The summed E-state index contributed by atoms with van der Waals surface area (Å²) >= 11 is 3.70. The Labute approximate surface area is 128 Å². The van der Waals surface area contributed by atoms with Crippen molar-refractivity contribution in [2.45, 2.75) is 38.4 Å². The van der Waals surface area contributed by atoms with Crippen molar-refractivity contribution in [1.82, 2.24) is 4.90 Å². The monoisotopic (exact) mass is 337 g/mol. The molecule has 4 heteroatoms. The number of rotatable bonds is 2. The van der Waals surface area contributed by atoms with Crippen LogP contribution >= 0.6 is 15.9 Å². The summed E-state index contributed by atoms with van der Waals surface area (Å²) in [4.78, 5) is 25.3. The molecule has 1 aliphatic rings. The fourth-order valence-electron chi connectivity index (χ4n) is 2.37.